The van der Waals surface area contributed by atoms with E-state index in [1.807, 2.05) is 18.2 Å². The van der Waals surface area contributed by atoms with Gasteiger partial charge in [0.1, 0.15) is 12.5 Å². The number of carbonyl (C=O) groups is 1. The summed E-state index contributed by atoms with van der Waals surface area (Å²) in [5.41, 5.74) is 2.92. The van der Waals surface area contributed by atoms with Gasteiger partial charge in [-0.1, -0.05) is 19.6 Å². The molecule has 1 N–H and O–H groups in total. The molecular weight excluding hydrogens is 436 g/mol. The molecule has 176 valence electrons. The van der Waals surface area contributed by atoms with Crippen molar-refractivity contribution in [3.8, 4) is 11.3 Å². The van der Waals surface area contributed by atoms with Crippen LogP contribution < -0.4 is 4.90 Å². The Bertz CT molecular complexity index is 1090. The standard InChI is InChI=1S/C24H32N4O4Si/c1-33(2,3)13-12-32-17-27-21(18-4-8-25-9-5-18)14-19-16-26-23(15-22(19)27)28(24(29)30)20-6-10-31-11-7-20/h4-5,8-9,14-16,20H,6-7,10-13,17H2,1-3H3,(H,29,30). The van der Waals surface area contributed by atoms with Crippen LogP contribution in [0.4, 0.5) is 10.6 Å². The molecule has 8 nitrogen and oxygen atoms in total. The van der Waals surface area contributed by atoms with Gasteiger partial charge in [-0.15, -0.1) is 0 Å². The second-order valence-electron chi connectivity index (χ2n) is 9.64. The summed E-state index contributed by atoms with van der Waals surface area (Å²) in [7, 11) is -1.20. The molecule has 1 saturated heterocycles. The fourth-order valence-corrected chi connectivity index (χ4v) is 4.85. The summed E-state index contributed by atoms with van der Waals surface area (Å²) >= 11 is 0. The monoisotopic (exact) mass is 468 g/mol. The lowest BCUT2D eigenvalue weighted by molar-refractivity contribution is 0.0836. The van der Waals surface area contributed by atoms with Crippen LogP contribution in [-0.4, -0.2) is 59.7 Å². The number of carboxylic acid groups (broad SMARTS) is 1. The molecule has 0 aromatic carbocycles. The van der Waals surface area contributed by atoms with Crippen LogP contribution in [0.3, 0.4) is 0 Å². The van der Waals surface area contributed by atoms with E-state index in [2.05, 4.69) is 40.2 Å². The van der Waals surface area contributed by atoms with Gasteiger partial charge in [-0.3, -0.25) is 9.88 Å². The molecule has 3 aromatic heterocycles. The van der Waals surface area contributed by atoms with Gasteiger partial charge in [0.25, 0.3) is 0 Å². The Morgan fingerprint density at radius 1 is 1.24 bits per heavy atom. The van der Waals surface area contributed by atoms with Crippen molar-refractivity contribution in [2.45, 2.75) is 51.3 Å². The van der Waals surface area contributed by atoms with E-state index in [-0.39, 0.29) is 6.04 Å². The second-order valence-corrected chi connectivity index (χ2v) is 15.3. The highest BCUT2D eigenvalue weighted by atomic mass is 28.3. The summed E-state index contributed by atoms with van der Waals surface area (Å²) in [6, 6.07) is 8.81. The van der Waals surface area contributed by atoms with E-state index < -0.39 is 14.2 Å². The number of nitrogens with zero attached hydrogens (tertiary/aromatic N) is 4. The molecule has 0 bridgehead atoms. The molecule has 0 aliphatic carbocycles. The molecule has 0 saturated carbocycles. The van der Waals surface area contributed by atoms with E-state index in [4.69, 9.17) is 9.47 Å². The molecule has 3 aromatic rings. The lowest BCUT2D eigenvalue weighted by Crippen LogP contribution is -2.43. The Morgan fingerprint density at radius 3 is 2.64 bits per heavy atom. The quantitative estimate of drug-likeness (QED) is 0.366. The van der Waals surface area contributed by atoms with Gasteiger partial charge >= 0.3 is 6.09 Å². The molecule has 0 spiro atoms. The molecule has 9 heteroatoms. The van der Waals surface area contributed by atoms with Gasteiger partial charge in [-0.25, -0.2) is 9.78 Å². The zero-order valence-corrected chi connectivity index (χ0v) is 20.5. The van der Waals surface area contributed by atoms with Crippen molar-refractivity contribution in [3.05, 3.63) is 42.9 Å². The minimum atomic E-state index is -1.20. The van der Waals surface area contributed by atoms with Crippen LogP contribution in [0.5, 0.6) is 0 Å². The SMILES string of the molecule is C[Si](C)(C)CCOCn1c(-c2ccncc2)cc2cnc(N(C(=O)O)C3CCOCC3)cc21. The average Bonchev–Trinajstić information content (AvgIpc) is 3.15. The number of pyridine rings is 2. The second kappa shape index (κ2) is 10.0. The maximum Gasteiger partial charge on any atom is 0.413 e. The van der Waals surface area contributed by atoms with Crippen molar-refractivity contribution < 1.29 is 19.4 Å². The predicted molar refractivity (Wildman–Crippen MR) is 131 cm³/mol. The Balaban J connectivity index is 1.71. The summed E-state index contributed by atoms with van der Waals surface area (Å²) in [5.74, 6) is 0.435. The fraction of sp³-hybridized carbons (Fsp3) is 0.458. The van der Waals surface area contributed by atoms with Gasteiger partial charge < -0.3 is 19.1 Å². The van der Waals surface area contributed by atoms with Gasteiger partial charge in [0, 0.05) is 69.5 Å². The fourth-order valence-electron chi connectivity index (χ4n) is 4.10. The molecule has 1 fully saturated rings. The number of rotatable bonds is 8. The van der Waals surface area contributed by atoms with Gasteiger partial charge in [0.05, 0.1) is 11.2 Å². The topological polar surface area (TPSA) is 89.7 Å². The first kappa shape index (κ1) is 23.4. The molecule has 0 atom stereocenters. The Morgan fingerprint density at radius 2 is 1.97 bits per heavy atom. The van der Waals surface area contributed by atoms with E-state index in [0.29, 0.717) is 45.2 Å². The number of hydrogen-bond acceptors (Lipinski definition) is 5. The van der Waals surface area contributed by atoms with Gasteiger partial charge in [0.15, 0.2) is 0 Å². The summed E-state index contributed by atoms with van der Waals surface area (Å²) in [6.07, 6.45) is 5.62. The van der Waals surface area contributed by atoms with Crippen LogP contribution in [0.1, 0.15) is 12.8 Å². The number of fused-ring (bicyclic) bond motifs is 1. The van der Waals surface area contributed by atoms with E-state index in [0.717, 1.165) is 28.2 Å². The normalized spacial score (nSPS) is 15.1. The first-order valence-corrected chi connectivity index (χ1v) is 15.1. The number of aromatic nitrogens is 3. The van der Waals surface area contributed by atoms with E-state index in [9.17, 15) is 9.90 Å². The summed E-state index contributed by atoms with van der Waals surface area (Å²) < 4.78 is 13.6. The average molecular weight is 469 g/mol. The van der Waals surface area contributed by atoms with Crippen LogP contribution in [0.2, 0.25) is 25.7 Å². The first-order valence-electron chi connectivity index (χ1n) is 11.4. The number of ether oxygens (including phenoxy) is 2. The summed E-state index contributed by atoms with van der Waals surface area (Å²) in [5, 5.41) is 10.9. The van der Waals surface area contributed by atoms with Crippen LogP contribution in [0.15, 0.2) is 42.9 Å². The molecule has 4 heterocycles. The van der Waals surface area contributed by atoms with Gasteiger partial charge in [-0.2, -0.15) is 0 Å². The number of hydrogen-bond donors (Lipinski definition) is 1. The highest BCUT2D eigenvalue weighted by Gasteiger charge is 2.28. The third-order valence-electron chi connectivity index (χ3n) is 5.97. The van der Waals surface area contributed by atoms with E-state index in [1.165, 1.54) is 4.90 Å². The maximum absolute atomic E-state index is 12.2. The third kappa shape index (κ3) is 5.60. The number of anilines is 1. The molecule has 0 radical (unpaired) electrons. The molecule has 1 aliphatic heterocycles. The molecular formula is C24H32N4O4Si. The maximum atomic E-state index is 12.2. The highest BCUT2D eigenvalue weighted by Crippen LogP contribution is 2.31. The van der Waals surface area contributed by atoms with Gasteiger partial charge in [0.2, 0.25) is 0 Å². The lowest BCUT2D eigenvalue weighted by Gasteiger charge is -2.31. The van der Waals surface area contributed by atoms with Crippen molar-refractivity contribution in [1.82, 2.24) is 14.5 Å². The molecule has 0 unspecified atom stereocenters. The van der Waals surface area contributed by atoms with Crippen molar-refractivity contribution >= 4 is 30.9 Å². The van der Waals surface area contributed by atoms with Gasteiger partial charge in [-0.05, 0) is 37.1 Å². The smallest absolute Gasteiger partial charge is 0.413 e. The van der Waals surface area contributed by atoms with Crippen LogP contribution in [0, 0.1) is 0 Å². The van der Waals surface area contributed by atoms with E-state index >= 15 is 0 Å². The molecule has 33 heavy (non-hydrogen) atoms. The summed E-state index contributed by atoms with van der Waals surface area (Å²) in [4.78, 5) is 22.2. The predicted octanol–water partition coefficient (Wildman–Crippen LogP) is 5.07. The zero-order chi connectivity index (χ0) is 23.4. The third-order valence-corrected chi connectivity index (χ3v) is 7.68. The molecule has 4 rings (SSSR count). The Hall–Kier alpha value is -2.75. The minimum absolute atomic E-state index is 0.141. The highest BCUT2D eigenvalue weighted by molar-refractivity contribution is 6.76. The molecule has 1 aliphatic rings. The number of amides is 1. The van der Waals surface area contributed by atoms with Crippen molar-refractivity contribution in [2.75, 3.05) is 24.7 Å². The van der Waals surface area contributed by atoms with E-state index in [1.54, 1.807) is 18.6 Å². The Labute approximate surface area is 195 Å². The van der Waals surface area contributed by atoms with Crippen molar-refractivity contribution in [2.24, 2.45) is 0 Å². The zero-order valence-electron chi connectivity index (χ0n) is 19.5. The van der Waals surface area contributed by atoms with Crippen LogP contribution in [0.25, 0.3) is 22.2 Å². The van der Waals surface area contributed by atoms with Crippen molar-refractivity contribution in [1.29, 1.82) is 0 Å². The summed E-state index contributed by atoms with van der Waals surface area (Å²) in [6.45, 7) is 9.20. The minimum Gasteiger partial charge on any atom is -0.465 e. The Kier molecular flexibility index (Phi) is 7.11. The lowest BCUT2D eigenvalue weighted by atomic mass is 10.1. The first-order chi connectivity index (χ1) is 15.8. The van der Waals surface area contributed by atoms with Crippen LogP contribution in [-0.2, 0) is 16.2 Å². The molecule has 1 amide bonds. The van der Waals surface area contributed by atoms with Crippen molar-refractivity contribution in [3.63, 3.8) is 0 Å². The largest absolute Gasteiger partial charge is 0.465 e. The van der Waals surface area contributed by atoms with Crippen LogP contribution >= 0.6 is 0 Å².